The van der Waals surface area contributed by atoms with E-state index in [0.717, 1.165) is 6.42 Å². The van der Waals surface area contributed by atoms with E-state index in [2.05, 4.69) is 37.3 Å². The van der Waals surface area contributed by atoms with E-state index in [1.54, 1.807) is 0 Å². The summed E-state index contributed by atoms with van der Waals surface area (Å²) in [6, 6.07) is 11.1. The van der Waals surface area contributed by atoms with E-state index in [9.17, 15) is 0 Å². The van der Waals surface area contributed by atoms with Crippen molar-refractivity contribution in [2.75, 3.05) is 0 Å². The molecule has 0 aliphatic heterocycles. The van der Waals surface area contributed by atoms with Gasteiger partial charge in [0.05, 0.1) is 12.0 Å². The normalized spacial score (nSPS) is 25.0. The van der Waals surface area contributed by atoms with Gasteiger partial charge in [0.1, 0.15) is 0 Å². The van der Waals surface area contributed by atoms with Crippen LogP contribution in [0.1, 0.15) is 31.2 Å². The van der Waals surface area contributed by atoms with Gasteiger partial charge in [0.25, 0.3) is 0 Å². The van der Waals surface area contributed by atoms with E-state index in [1.165, 1.54) is 29.7 Å². The molecule has 1 saturated carbocycles. The maximum atomic E-state index is 9.12. The fraction of sp³-hybridized carbons (Fsp3) is 0.500. The molecule has 1 aromatic carbocycles. The molecule has 1 aliphatic rings. The van der Waals surface area contributed by atoms with Crippen molar-refractivity contribution in [1.82, 2.24) is 0 Å². The second kappa shape index (κ2) is 5.41. The van der Waals surface area contributed by atoms with Crippen molar-refractivity contribution < 1.29 is 0 Å². The van der Waals surface area contributed by atoms with Crippen molar-refractivity contribution in [1.29, 1.82) is 5.26 Å². The summed E-state index contributed by atoms with van der Waals surface area (Å²) in [6.45, 7) is 2.10. The second-order valence-corrected chi connectivity index (χ2v) is 5.80. The van der Waals surface area contributed by atoms with Crippen molar-refractivity contribution in [2.45, 2.75) is 42.8 Å². The van der Waals surface area contributed by atoms with Gasteiger partial charge in [-0.3, -0.25) is 0 Å². The van der Waals surface area contributed by atoms with Gasteiger partial charge in [-0.2, -0.15) is 5.26 Å². The van der Waals surface area contributed by atoms with Crippen molar-refractivity contribution in [3.8, 4) is 6.07 Å². The summed E-state index contributed by atoms with van der Waals surface area (Å²) >= 11 is 1.88. The molecular weight excluding hydrogens is 214 g/mol. The van der Waals surface area contributed by atoms with Crippen LogP contribution in [-0.2, 0) is 0 Å². The monoisotopic (exact) mass is 231 g/mol. The van der Waals surface area contributed by atoms with Crippen LogP contribution in [0.4, 0.5) is 0 Å². The van der Waals surface area contributed by atoms with E-state index in [4.69, 9.17) is 5.26 Å². The Bertz CT molecular complexity index is 377. The summed E-state index contributed by atoms with van der Waals surface area (Å²) in [5, 5.41) is 9.62. The highest BCUT2D eigenvalue weighted by molar-refractivity contribution is 8.00. The van der Waals surface area contributed by atoms with Crippen LogP contribution in [0.2, 0.25) is 0 Å². The molecule has 0 amide bonds. The van der Waals surface area contributed by atoms with Crippen molar-refractivity contribution >= 4 is 11.8 Å². The molecule has 2 atom stereocenters. The van der Waals surface area contributed by atoms with Crippen LogP contribution in [0.5, 0.6) is 0 Å². The van der Waals surface area contributed by atoms with Gasteiger partial charge in [-0.05, 0) is 31.9 Å². The lowest BCUT2D eigenvalue weighted by Gasteiger charge is -2.26. The number of rotatable bonds is 2. The number of hydrogen-bond donors (Lipinski definition) is 0. The van der Waals surface area contributed by atoms with Crippen LogP contribution in [0, 0.1) is 24.2 Å². The number of hydrogen-bond acceptors (Lipinski definition) is 2. The number of nitrogens with zero attached hydrogens (tertiary/aromatic N) is 1. The molecule has 16 heavy (non-hydrogen) atoms. The van der Waals surface area contributed by atoms with Gasteiger partial charge in [-0.1, -0.05) is 30.5 Å². The smallest absolute Gasteiger partial charge is 0.0667 e. The third-order valence-corrected chi connectivity index (χ3v) is 4.59. The number of benzene rings is 1. The zero-order valence-corrected chi connectivity index (χ0v) is 10.5. The van der Waals surface area contributed by atoms with Gasteiger partial charge >= 0.3 is 0 Å². The average Bonchev–Trinajstić information content (AvgIpc) is 2.33. The van der Waals surface area contributed by atoms with E-state index in [-0.39, 0.29) is 5.92 Å². The first kappa shape index (κ1) is 11.5. The Kier molecular flexibility index (Phi) is 3.90. The Morgan fingerprint density at radius 3 is 2.56 bits per heavy atom. The third kappa shape index (κ3) is 2.80. The van der Waals surface area contributed by atoms with E-state index in [0.29, 0.717) is 5.25 Å². The molecule has 1 fully saturated rings. The highest BCUT2D eigenvalue weighted by Crippen LogP contribution is 2.37. The van der Waals surface area contributed by atoms with Crippen LogP contribution in [-0.4, -0.2) is 5.25 Å². The summed E-state index contributed by atoms with van der Waals surface area (Å²) in [7, 11) is 0. The Morgan fingerprint density at radius 1 is 1.19 bits per heavy atom. The van der Waals surface area contributed by atoms with Gasteiger partial charge < -0.3 is 0 Å². The predicted octanol–water partition coefficient (Wildman–Crippen LogP) is 4.17. The lowest BCUT2D eigenvalue weighted by atomic mass is 9.90. The number of nitriles is 1. The molecule has 1 nitrogen and oxygen atoms in total. The van der Waals surface area contributed by atoms with Crippen LogP contribution in [0.25, 0.3) is 0 Å². The lowest BCUT2D eigenvalue weighted by Crippen LogP contribution is -2.20. The van der Waals surface area contributed by atoms with Crippen LogP contribution >= 0.6 is 11.8 Å². The summed E-state index contributed by atoms with van der Waals surface area (Å²) < 4.78 is 0. The molecule has 0 bridgehead atoms. The molecule has 1 aromatic rings. The predicted molar refractivity (Wildman–Crippen MR) is 68.4 cm³/mol. The maximum absolute atomic E-state index is 9.12. The molecule has 84 valence electrons. The summed E-state index contributed by atoms with van der Waals surface area (Å²) in [4.78, 5) is 1.30. The topological polar surface area (TPSA) is 23.8 Å². The lowest BCUT2D eigenvalue weighted by molar-refractivity contribution is 0.439. The fourth-order valence-electron chi connectivity index (χ4n) is 2.18. The Balaban J connectivity index is 2.02. The molecule has 2 unspecified atom stereocenters. The van der Waals surface area contributed by atoms with E-state index in [1.807, 2.05) is 11.8 Å². The zero-order chi connectivity index (χ0) is 11.4. The minimum atomic E-state index is 0.250. The van der Waals surface area contributed by atoms with Crippen molar-refractivity contribution in [3.05, 3.63) is 29.8 Å². The van der Waals surface area contributed by atoms with E-state index < -0.39 is 0 Å². The molecule has 0 radical (unpaired) electrons. The fourth-order valence-corrected chi connectivity index (χ4v) is 3.47. The maximum Gasteiger partial charge on any atom is 0.0667 e. The summed E-state index contributed by atoms with van der Waals surface area (Å²) in [5.74, 6) is 0.250. The molecule has 2 rings (SSSR count). The first-order valence-electron chi connectivity index (χ1n) is 5.92. The quantitative estimate of drug-likeness (QED) is 0.762. The molecule has 2 heteroatoms. The van der Waals surface area contributed by atoms with Crippen LogP contribution in [0.15, 0.2) is 29.2 Å². The average molecular weight is 231 g/mol. The van der Waals surface area contributed by atoms with Crippen molar-refractivity contribution in [3.63, 3.8) is 0 Å². The number of thioether (sulfide) groups is 1. The Hall–Kier alpha value is -0.940. The van der Waals surface area contributed by atoms with Crippen molar-refractivity contribution in [2.24, 2.45) is 5.92 Å². The van der Waals surface area contributed by atoms with Crippen LogP contribution in [0.3, 0.4) is 0 Å². The summed E-state index contributed by atoms with van der Waals surface area (Å²) in [5.41, 5.74) is 1.30. The molecule has 0 heterocycles. The largest absolute Gasteiger partial charge is 0.198 e. The number of aryl methyl sites for hydroxylation is 1. The standard InChI is InChI=1S/C14H17NS/c1-11-6-8-13(9-7-11)16-14-5-3-2-4-12(14)10-15/h6-9,12,14H,2-5H2,1H3. The first-order valence-corrected chi connectivity index (χ1v) is 6.80. The third-order valence-electron chi connectivity index (χ3n) is 3.18. The highest BCUT2D eigenvalue weighted by atomic mass is 32.2. The van der Waals surface area contributed by atoms with Crippen LogP contribution < -0.4 is 0 Å². The Morgan fingerprint density at radius 2 is 1.88 bits per heavy atom. The van der Waals surface area contributed by atoms with E-state index >= 15 is 0 Å². The zero-order valence-electron chi connectivity index (χ0n) is 9.65. The Labute approximate surface area is 102 Å². The molecule has 0 saturated heterocycles. The minimum absolute atomic E-state index is 0.250. The molecule has 0 aromatic heterocycles. The second-order valence-electron chi connectivity index (χ2n) is 4.49. The molecule has 0 spiro atoms. The molecule has 1 aliphatic carbocycles. The SMILES string of the molecule is Cc1ccc(SC2CCCCC2C#N)cc1. The van der Waals surface area contributed by atoms with Gasteiger partial charge in [0, 0.05) is 10.1 Å². The van der Waals surface area contributed by atoms with Gasteiger partial charge in [0.15, 0.2) is 0 Å². The minimum Gasteiger partial charge on any atom is -0.198 e. The van der Waals surface area contributed by atoms with Gasteiger partial charge in [0.2, 0.25) is 0 Å². The molecular formula is C14H17NS. The first-order chi connectivity index (χ1) is 7.79. The summed E-state index contributed by atoms with van der Waals surface area (Å²) in [6.07, 6.45) is 4.78. The van der Waals surface area contributed by atoms with Gasteiger partial charge in [-0.15, -0.1) is 11.8 Å². The van der Waals surface area contributed by atoms with Gasteiger partial charge in [-0.25, -0.2) is 0 Å². The molecule has 0 N–H and O–H groups in total. The highest BCUT2D eigenvalue weighted by Gasteiger charge is 2.25.